The predicted octanol–water partition coefficient (Wildman–Crippen LogP) is 4.96. The van der Waals surface area contributed by atoms with Crippen LogP contribution in [0.5, 0.6) is 11.8 Å². The number of aromatic nitrogens is 3. The van der Waals surface area contributed by atoms with Gasteiger partial charge in [-0.15, -0.1) is 0 Å². The van der Waals surface area contributed by atoms with Crippen LogP contribution in [0.2, 0.25) is 0 Å². The summed E-state index contributed by atoms with van der Waals surface area (Å²) in [6.45, 7) is 6.17. The Labute approximate surface area is 243 Å². The fourth-order valence-corrected chi connectivity index (χ4v) is 5.83. The van der Waals surface area contributed by atoms with Crippen molar-refractivity contribution >= 4 is 0 Å². The van der Waals surface area contributed by atoms with Gasteiger partial charge in [-0.25, -0.2) is 13.2 Å². The fraction of sp³-hybridized carbons (Fsp3) is 0.533. The van der Waals surface area contributed by atoms with Crippen LogP contribution in [0, 0.1) is 23.0 Å². The van der Waals surface area contributed by atoms with E-state index in [1.54, 1.807) is 26.0 Å². The van der Waals surface area contributed by atoms with E-state index >= 15 is 0 Å². The Morgan fingerprint density at radius 2 is 1.93 bits per heavy atom. The van der Waals surface area contributed by atoms with Crippen LogP contribution >= 0.6 is 0 Å². The van der Waals surface area contributed by atoms with Gasteiger partial charge in [0.15, 0.2) is 11.5 Å². The molecule has 4 heterocycles. The first-order valence-electron chi connectivity index (χ1n) is 14.1. The van der Waals surface area contributed by atoms with Crippen LogP contribution in [-0.2, 0) is 5.41 Å². The number of likely N-dealkylation sites (N-methyl/N-ethyl adjacent to an activating group) is 1. The lowest BCUT2D eigenvalue weighted by atomic mass is 9.81. The quantitative estimate of drug-likeness (QED) is 0.373. The Kier molecular flexibility index (Phi) is 8.70. The zero-order valence-electron chi connectivity index (χ0n) is 24.1. The summed E-state index contributed by atoms with van der Waals surface area (Å²) >= 11 is 0. The van der Waals surface area contributed by atoms with Crippen molar-refractivity contribution in [2.75, 3.05) is 20.1 Å². The lowest BCUT2D eigenvalue weighted by molar-refractivity contribution is 0.113. The van der Waals surface area contributed by atoms with Crippen LogP contribution in [0.4, 0.5) is 13.2 Å². The molecule has 9 nitrogen and oxygen atoms in total. The van der Waals surface area contributed by atoms with Crippen molar-refractivity contribution in [3.8, 4) is 29.3 Å². The van der Waals surface area contributed by atoms with Crippen LogP contribution < -0.4 is 14.8 Å². The van der Waals surface area contributed by atoms with Gasteiger partial charge >= 0.3 is 0 Å². The molecule has 1 N–H and O–H groups in total. The second-order valence-corrected chi connectivity index (χ2v) is 11.6. The zero-order valence-corrected chi connectivity index (χ0v) is 24.1. The van der Waals surface area contributed by atoms with E-state index in [1.165, 1.54) is 18.2 Å². The van der Waals surface area contributed by atoms with E-state index in [0.717, 1.165) is 6.42 Å². The second kappa shape index (κ2) is 12.3. The Balaban J connectivity index is 1.45. The molecular formula is C30H35F3N6O3. The number of benzene rings is 1. The highest BCUT2D eigenvalue weighted by atomic mass is 19.1. The maximum Gasteiger partial charge on any atom is 0.221 e. The maximum atomic E-state index is 14.7. The molecule has 42 heavy (non-hydrogen) atoms. The molecule has 2 saturated heterocycles. The summed E-state index contributed by atoms with van der Waals surface area (Å²) in [7, 11) is 1.86. The van der Waals surface area contributed by atoms with Gasteiger partial charge in [-0.05, 0) is 59.3 Å². The Morgan fingerprint density at radius 1 is 1.19 bits per heavy atom. The van der Waals surface area contributed by atoms with Crippen molar-refractivity contribution in [3.63, 3.8) is 0 Å². The third kappa shape index (κ3) is 6.37. The van der Waals surface area contributed by atoms with E-state index in [0.29, 0.717) is 32.4 Å². The van der Waals surface area contributed by atoms with Crippen molar-refractivity contribution in [2.24, 2.45) is 0 Å². The number of nitriles is 1. The van der Waals surface area contributed by atoms with Crippen molar-refractivity contribution in [2.45, 2.75) is 82.3 Å². The van der Waals surface area contributed by atoms with Gasteiger partial charge in [-0.2, -0.15) is 15.2 Å². The van der Waals surface area contributed by atoms with Crippen molar-refractivity contribution in [1.29, 1.82) is 5.26 Å². The summed E-state index contributed by atoms with van der Waals surface area (Å²) in [5.41, 5.74) is -1.11. The third-order valence-electron chi connectivity index (χ3n) is 8.09. The number of hydrogen-bond donors (Lipinski definition) is 1. The summed E-state index contributed by atoms with van der Waals surface area (Å²) in [5.74, 6) is -0.579. The number of ether oxygens (including phenoxy) is 2. The van der Waals surface area contributed by atoms with Crippen LogP contribution in [-0.4, -0.2) is 70.6 Å². The van der Waals surface area contributed by atoms with Gasteiger partial charge in [0, 0.05) is 36.7 Å². The van der Waals surface area contributed by atoms with Crippen LogP contribution in [0.25, 0.3) is 11.5 Å². The summed E-state index contributed by atoms with van der Waals surface area (Å²) in [6, 6.07) is 8.88. The molecule has 0 bridgehead atoms. The minimum absolute atomic E-state index is 0.0106. The number of piperidine rings is 1. The number of nitrogens with zero attached hydrogens (tertiary/aromatic N) is 5. The lowest BCUT2D eigenvalue weighted by Crippen LogP contribution is -2.42. The number of halogens is 3. The van der Waals surface area contributed by atoms with E-state index in [1.807, 2.05) is 18.9 Å². The smallest absolute Gasteiger partial charge is 0.221 e. The number of hydrogen-bond acceptors (Lipinski definition) is 9. The van der Waals surface area contributed by atoms with Gasteiger partial charge in [0.05, 0.1) is 24.0 Å². The molecule has 3 aromatic rings. The normalized spacial score (nSPS) is 23.9. The summed E-state index contributed by atoms with van der Waals surface area (Å²) in [6.07, 6.45) is 0.551. The first-order chi connectivity index (χ1) is 20.0. The molecule has 0 radical (unpaired) electrons. The Morgan fingerprint density at radius 3 is 2.62 bits per heavy atom. The molecular weight excluding hydrogens is 549 g/mol. The average Bonchev–Trinajstić information content (AvgIpc) is 3.56. The molecule has 0 unspecified atom stereocenters. The minimum atomic E-state index is -1.19. The summed E-state index contributed by atoms with van der Waals surface area (Å²) in [4.78, 5) is 11.0. The minimum Gasteiger partial charge on any atom is -0.474 e. The average molecular weight is 585 g/mol. The van der Waals surface area contributed by atoms with Crippen molar-refractivity contribution in [3.05, 3.63) is 53.3 Å². The van der Waals surface area contributed by atoms with E-state index in [4.69, 9.17) is 19.3 Å². The van der Waals surface area contributed by atoms with E-state index in [-0.39, 0.29) is 58.9 Å². The molecule has 2 aromatic heterocycles. The van der Waals surface area contributed by atoms with Crippen LogP contribution in [0.15, 0.2) is 34.9 Å². The van der Waals surface area contributed by atoms with E-state index in [2.05, 4.69) is 26.5 Å². The molecule has 0 amide bonds. The molecule has 12 heteroatoms. The molecule has 0 saturated carbocycles. The molecule has 1 aromatic carbocycles. The van der Waals surface area contributed by atoms with Gasteiger partial charge in [-0.3, -0.25) is 4.90 Å². The molecule has 2 fully saturated rings. The summed E-state index contributed by atoms with van der Waals surface area (Å²) < 4.78 is 61.4. The Hall–Kier alpha value is -3.69. The molecule has 5 atom stereocenters. The lowest BCUT2D eigenvalue weighted by Gasteiger charge is -2.29. The fourth-order valence-electron chi connectivity index (χ4n) is 5.83. The van der Waals surface area contributed by atoms with Crippen LogP contribution in [0.3, 0.4) is 0 Å². The van der Waals surface area contributed by atoms with Gasteiger partial charge in [0.2, 0.25) is 11.8 Å². The highest BCUT2D eigenvalue weighted by Crippen LogP contribution is 2.37. The van der Waals surface area contributed by atoms with Gasteiger partial charge < -0.3 is 19.3 Å². The van der Waals surface area contributed by atoms with Gasteiger partial charge in [-0.1, -0.05) is 11.2 Å². The standard InChI is InChI=1S/C30H35F3N6O3/c1-17(24-12-18(31)16-39(24)4)40-26-15-27(41-20-9-11-35-19(13-20)8-10-34)37-29(36-26)23-14-25(42-38-23)30(2,3)28-21(32)6-5-7-22(28)33/h5-7,14-15,17-20,24,35H,8-9,11-13,16H2,1-4H3/t17-,18-,19+,20-,24-/m0/s1. The predicted molar refractivity (Wildman–Crippen MR) is 148 cm³/mol. The first-order valence-corrected chi connectivity index (χ1v) is 14.1. The van der Waals surface area contributed by atoms with Gasteiger partial charge in [0.1, 0.15) is 35.8 Å². The number of alkyl halides is 1. The topological polar surface area (TPSA) is 109 Å². The molecule has 224 valence electrons. The van der Waals surface area contributed by atoms with Crippen molar-refractivity contribution < 1.29 is 27.2 Å². The number of likely N-dealkylation sites (tertiary alicyclic amines) is 1. The second-order valence-electron chi connectivity index (χ2n) is 11.6. The zero-order chi connectivity index (χ0) is 30.0. The largest absolute Gasteiger partial charge is 0.474 e. The van der Waals surface area contributed by atoms with E-state index < -0.39 is 23.2 Å². The molecule has 5 rings (SSSR count). The maximum absolute atomic E-state index is 14.7. The van der Waals surface area contributed by atoms with Crippen molar-refractivity contribution in [1.82, 2.24) is 25.3 Å². The number of nitrogens with one attached hydrogen (secondary N) is 1. The van der Waals surface area contributed by atoms with Gasteiger partial charge in [0.25, 0.3) is 0 Å². The van der Waals surface area contributed by atoms with E-state index in [9.17, 15) is 13.2 Å². The summed E-state index contributed by atoms with van der Waals surface area (Å²) in [5, 5.41) is 16.6. The SMILES string of the molecule is C[C@H](Oc1cc(O[C@H]2CCN[C@H](CC#N)C2)nc(-c2cc(C(C)(C)c3c(F)cccc3F)on2)n1)[C@@H]1C[C@H](F)CN1C. The molecule has 2 aliphatic heterocycles. The first kappa shape index (κ1) is 29.8. The Bertz CT molecular complexity index is 1420. The molecule has 0 spiro atoms. The molecule has 0 aliphatic carbocycles. The van der Waals surface area contributed by atoms with Crippen LogP contribution in [0.1, 0.15) is 57.8 Å². The highest BCUT2D eigenvalue weighted by molar-refractivity contribution is 5.52. The highest BCUT2D eigenvalue weighted by Gasteiger charge is 2.36. The third-order valence-corrected chi connectivity index (χ3v) is 8.09. The monoisotopic (exact) mass is 584 g/mol. The number of rotatable bonds is 9. The molecule has 2 aliphatic rings.